The highest BCUT2D eigenvalue weighted by molar-refractivity contribution is 9.10. The first-order chi connectivity index (χ1) is 7.13. The maximum Gasteiger partial charge on any atom is 0.128 e. The van der Waals surface area contributed by atoms with E-state index < -0.39 is 0 Å². The second-order valence-corrected chi connectivity index (χ2v) is 4.64. The van der Waals surface area contributed by atoms with Crippen molar-refractivity contribution in [2.75, 3.05) is 0 Å². The maximum atomic E-state index is 4.30. The third-order valence-corrected chi connectivity index (χ3v) is 2.66. The molecular formula is C12H13BrN2. The molecule has 0 radical (unpaired) electrons. The predicted octanol–water partition coefficient (Wildman–Crippen LogP) is 3.31. The van der Waals surface area contributed by atoms with Gasteiger partial charge in [-0.25, -0.2) is 0 Å². The summed E-state index contributed by atoms with van der Waals surface area (Å²) in [6.07, 6.45) is 1.97. The van der Waals surface area contributed by atoms with Crippen LogP contribution in [-0.4, -0.2) is 9.78 Å². The first-order valence-corrected chi connectivity index (χ1v) is 5.69. The van der Waals surface area contributed by atoms with Gasteiger partial charge in [0.2, 0.25) is 0 Å². The Bertz CT molecular complexity index is 454. The van der Waals surface area contributed by atoms with Gasteiger partial charge in [-0.2, -0.15) is 5.10 Å². The standard InChI is InChI=1S/C12H13BrN2/c1-9-5-10(2)7-11(6-9)8-15-4-3-12(13)14-15/h3-7H,8H2,1-2H3. The molecule has 0 aliphatic carbocycles. The summed E-state index contributed by atoms with van der Waals surface area (Å²) in [6.45, 7) is 5.07. The molecule has 78 valence electrons. The van der Waals surface area contributed by atoms with Gasteiger partial charge in [0.1, 0.15) is 4.60 Å². The summed E-state index contributed by atoms with van der Waals surface area (Å²) in [5, 5.41) is 4.30. The van der Waals surface area contributed by atoms with Gasteiger partial charge in [0.05, 0.1) is 6.54 Å². The highest BCUT2D eigenvalue weighted by Crippen LogP contribution is 2.11. The third-order valence-electron chi connectivity index (χ3n) is 2.23. The van der Waals surface area contributed by atoms with Gasteiger partial charge in [0.25, 0.3) is 0 Å². The Labute approximate surface area is 98.1 Å². The lowest BCUT2D eigenvalue weighted by atomic mass is 10.1. The summed E-state index contributed by atoms with van der Waals surface area (Å²) < 4.78 is 2.81. The van der Waals surface area contributed by atoms with Crippen LogP contribution in [-0.2, 0) is 6.54 Å². The normalized spacial score (nSPS) is 10.6. The number of hydrogen-bond donors (Lipinski definition) is 0. The molecule has 1 heterocycles. The second kappa shape index (κ2) is 4.19. The largest absolute Gasteiger partial charge is 0.267 e. The van der Waals surface area contributed by atoms with Crippen LogP contribution in [0.1, 0.15) is 16.7 Å². The number of aryl methyl sites for hydroxylation is 2. The molecule has 0 N–H and O–H groups in total. The smallest absolute Gasteiger partial charge is 0.128 e. The van der Waals surface area contributed by atoms with Crippen molar-refractivity contribution in [3.8, 4) is 0 Å². The highest BCUT2D eigenvalue weighted by atomic mass is 79.9. The molecule has 2 aromatic rings. The first kappa shape index (κ1) is 10.4. The number of rotatable bonds is 2. The van der Waals surface area contributed by atoms with Crippen molar-refractivity contribution in [2.45, 2.75) is 20.4 Å². The van der Waals surface area contributed by atoms with Crippen LogP contribution in [0, 0.1) is 13.8 Å². The van der Waals surface area contributed by atoms with Crippen LogP contribution in [0.15, 0.2) is 35.1 Å². The lowest BCUT2D eigenvalue weighted by Gasteiger charge is -2.05. The number of nitrogens with zero attached hydrogens (tertiary/aromatic N) is 2. The van der Waals surface area contributed by atoms with Gasteiger partial charge in [-0.3, -0.25) is 4.68 Å². The molecule has 0 fully saturated rings. The Morgan fingerprint density at radius 3 is 2.40 bits per heavy atom. The number of hydrogen-bond acceptors (Lipinski definition) is 1. The molecule has 3 heteroatoms. The quantitative estimate of drug-likeness (QED) is 0.814. The summed E-state index contributed by atoms with van der Waals surface area (Å²) in [5.41, 5.74) is 3.90. The summed E-state index contributed by atoms with van der Waals surface area (Å²) in [7, 11) is 0. The Kier molecular flexibility index (Phi) is 2.91. The van der Waals surface area contributed by atoms with E-state index >= 15 is 0 Å². The molecule has 1 aromatic heterocycles. The van der Waals surface area contributed by atoms with Crippen LogP contribution in [0.2, 0.25) is 0 Å². The van der Waals surface area contributed by atoms with E-state index in [-0.39, 0.29) is 0 Å². The zero-order valence-corrected chi connectivity index (χ0v) is 10.5. The van der Waals surface area contributed by atoms with Crippen molar-refractivity contribution in [2.24, 2.45) is 0 Å². The lowest BCUT2D eigenvalue weighted by molar-refractivity contribution is 0.681. The minimum Gasteiger partial charge on any atom is -0.267 e. The van der Waals surface area contributed by atoms with Crippen LogP contribution >= 0.6 is 15.9 Å². The highest BCUT2D eigenvalue weighted by Gasteiger charge is 1.99. The van der Waals surface area contributed by atoms with Gasteiger partial charge >= 0.3 is 0 Å². The van der Waals surface area contributed by atoms with E-state index in [1.54, 1.807) is 0 Å². The molecular weight excluding hydrogens is 252 g/mol. The summed E-state index contributed by atoms with van der Waals surface area (Å²) in [4.78, 5) is 0. The molecule has 0 spiro atoms. The molecule has 0 aliphatic rings. The van der Waals surface area contributed by atoms with E-state index in [0.29, 0.717) is 0 Å². The maximum absolute atomic E-state index is 4.30. The fraction of sp³-hybridized carbons (Fsp3) is 0.250. The number of benzene rings is 1. The van der Waals surface area contributed by atoms with E-state index in [0.717, 1.165) is 11.1 Å². The van der Waals surface area contributed by atoms with Gasteiger partial charge in [0, 0.05) is 6.20 Å². The molecule has 2 rings (SSSR count). The van der Waals surface area contributed by atoms with Gasteiger partial charge in [-0.05, 0) is 41.4 Å². The fourth-order valence-electron chi connectivity index (χ4n) is 1.77. The number of aromatic nitrogens is 2. The fourth-order valence-corrected chi connectivity index (χ4v) is 2.09. The van der Waals surface area contributed by atoms with E-state index in [9.17, 15) is 0 Å². The Morgan fingerprint density at radius 1 is 1.20 bits per heavy atom. The van der Waals surface area contributed by atoms with Crippen LogP contribution in [0.3, 0.4) is 0 Å². The molecule has 0 unspecified atom stereocenters. The van der Waals surface area contributed by atoms with E-state index in [1.807, 2.05) is 16.9 Å². The molecule has 0 aliphatic heterocycles. The Morgan fingerprint density at radius 2 is 1.87 bits per heavy atom. The van der Waals surface area contributed by atoms with Crippen LogP contribution in [0.4, 0.5) is 0 Å². The van der Waals surface area contributed by atoms with Crippen molar-refractivity contribution in [1.29, 1.82) is 0 Å². The Balaban J connectivity index is 2.24. The first-order valence-electron chi connectivity index (χ1n) is 4.89. The van der Waals surface area contributed by atoms with Crippen LogP contribution in [0.25, 0.3) is 0 Å². The monoisotopic (exact) mass is 264 g/mol. The zero-order chi connectivity index (χ0) is 10.8. The van der Waals surface area contributed by atoms with E-state index in [1.165, 1.54) is 16.7 Å². The van der Waals surface area contributed by atoms with Gasteiger partial charge in [0.15, 0.2) is 0 Å². The average molecular weight is 265 g/mol. The van der Waals surface area contributed by atoms with Crippen LogP contribution in [0.5, 0.6) is 0 Å². The molecule has 2 nitrogen and oxygen atoms in total. The molecule has 0 saturated carbocycles. The van der Waals surface area contributed by atoms with Gasteiger partial charge < -0.3 is 0 Å². The van der Waals surface area contributed by atoms with Crippen molar-refractivity contribution in [3.05, 3.63) is 51.8 Å². The topological polar surface area (TPSA) is 17.8 Å². The summed E-state index contributed by atoms with van der Waals surface area (Å²) in [5.74, 6) is 0. The second-order valence-electron chi connectivity index (χ2n) is 3.83. The van der Waals surface area contributed by atoms with Gasteiger partial charge in [-0.1, -0.05) is 29.3 Å². The van der Waals surface area contributed by atoms with Gasteiger partial charge in [-0.15, -0.1) is 0 Å². The minimum atomic E-state index is 0.828. The average Bonchev–Trinajstić information content (AvgIpc) is 2.49. The Hall–Kier alpha value is -1.09. The van der Waals surface area contributed by atoms with Crippen molar-refractivity contribution in [3.63, 3.8) is 0 Å². The van der Waals surface area contributed by atoms with E-state index in [4.69, 9.17) is 0 Å². The van der Waals surface area contributed by atoms with Crippen molar-refractivity contribution in [1.82, 2.24) is 9.78 Å². The zero-order valence-electron chi connectivity index (χ0n) is 8.87. The molecule has 0 amide bonds. The SMILES string of the molecule is Cc1cc(C)cc(Cn2ccc(Br)n2)c1. The van der Waals surface area contributed by atoms with E-state index in [2.05, 4.69) is 53.1 Å². The molecule has 15 heavy (non-hydrogen) atoms. The molecule has 0 bridgehead atoms. The van der Waals surface area contributed by atoms with Crippen LogP contribution < -0.4 is 0 Å². The lowest BCUT2D eigenvalue weighted by Crippen LogP contribution is -2.00. The summed E-state index contributed by atoms with van der Waals surface area (Å²) in [6, 6.07) is 8.52. The molecule has 0 saturated heterocycles. The molecule has 1 aromatic carbocycles. The van der Waals surface area contributed by atoms with Crippen molar-refractivity contribution < 1.29 is 0 Å². The predicted molar refractivity (Wildman–Crippen MR) is 64.9 cm³/mol. The van der Waals surface area contributed by atoms with Crippen molar-refractivity contribution >= 4 is 15.9 Å². The molecule has 0 atom stereocenters. The minimum absolute atomic E-state index is 0.828. The summed E-state index contributed by atoms with van der Waals surface area (Å²) >= 11 is 3.34. The third kappa shape index (κ3) is 2.69. The number of halogens is 1.